The van der Waals surface area contributed by atoms with Crippen molar-refractivity contribution in [2.24, 2.45) is 5.92 Å². The fourth-order valence-corrected chi connectivity index (χ4v) is 4.98. The van der Waals surface area contributed by atoms with Gasteiger partial charge < -0.3 is 20.4 Å². The number of piperazine rings is 1. The van der Waals surface area contributed by atoms with Crippen molar-refractivity contribution in [3.63, 3.8) is 0 Å². The molecule has 1 aromatic rings. The van der Waals surface area contributed by atoms with Crippen LogP contribution in [0, 0.1) is 23.1 Å². The van der Waals surface area contributed by atoms with Gasteiger partial charge in [-0.05, 0) is 49.4 Å². The van der Waals surface area contributed by atoms with Gasteiger partial charge in [-0.1, -0.05) is 13.0 Å². The number of piperidine rings is 1. The first-order chi connectivity index (χ1) is 14.1. The summed E-state index contributed by atoms with van der Waals surface area (Å²) in [5.74, 6) is -0.0777. The van der Waals surface area contributed by atoms with E-state index in [0.717, 1.165) is 57.7 Å². The van der Waals surface area contributed by atoms with Crippen LogP contribution in [0.5, 0.6) is 0 Å². The lowest BCUT2D eigenvalue weighted by molar-refractivity contribution is -0.124. The molecule has 4 atom stereocenters. The number of likely N-dealkylation sites (N-methyl/N-ethyl adjacent to an activating group) is 1. The van der Waals surface area contributed by atoms with E-state index in [0.29, 0.717) is 17.5 Å². The van der Waals surface area contributed by atoms with Gasteiger partial charge in [-0.15, -0.1) is 0 Å². The predicted octanol–water partition coefficient (Wildman–Crippen LogP) is 1.66. The van der Waals surface area contributed by atoms with Gasteiger partial charge in [0, 0.05) is 44.3 Å². The molecule has 29 heavy (non-hydrogen) atoms. The third-order valence-electron chi connectivity index (χ3n) is 6.76. The molecule has 6 nitrogen and oxygen atoms in total. The number of fused-ring (bicyclic) bond motifs is 2. The summed E-state index contributed by atoms with van der Waals surface area (Å²) >= 11 is 0. The van der Waals surface area contributed by atoms with Crippen LogP contribution in [-0.4, -0.2) is 61.7 Å². The molecule has 0 spiro atoms. The number of carbonyl (C=O) groups excluding carboxylic acids is 1. The van der Waals surface area contributed by atoms with Crippen LogP contribution in [0.4, 0.5) is 10.1 Å². The fraction of sp³-hybridized carbons (Fsp3) is 0.636. The highest BCUT2D eigenvalue weighted by Crippen LogP contribution is 2.35. The lowest BCUT2D eigenvalue weighted by atomic mass is 9.98. The van der Waals surface area contributed by atoms with Gasteiger partial charge in [0.25, 0.3) is 0 Å². The highest BCUT2D eigenvalue weighted by molar-refractivity contribution is 5.83. The third-order valence-corrected chi connectivity index (χ3v) is 6.76. The van der Waals surface area contributed by atoms with Gasteiger partial charge in [0.15, 0.2) is 0 Å². The van der Waals surface area contributed by atoms with Crippen molar-refractivity contribution in [2.45, 2.75) is 50.7 Å². The number of nitriles is 1. The minimum absolute atomic E-state index is 0.130. The SMILES string of the molecule is CCN1CCN(c2ccc(C[C@@H](C#N)NC(=O)[C@H]3N[C@@H]4CC[C@H]3C4)c(F)c2)CC1. The molecule has 3 fully saturated rings. The standard InChI is InChI=1S/C22H30FN5O/c1-2-27-7-9-28(10-8-27)19-6-4-15(20(23)13-19)11-18(14-24)26-22(29)21-16-3-5-17(12-16)25-21/h4,6,13,16-18,21,25H,2-3,5,7-12H2,1H3,(H,26,29)/t16-,17+,18-,21-/m0/s1. The fourth-order valence-electron chi connectivity index (χ4n) is 4.98. The Bertz CT molecular complexity index is 786. The number of halogens is 1. The van der Waals surface area contributed by atoms with Gasteiger partial charge in [-0.25, -0.2) is 4.39 Å². The Morgan fingerprint density at radius 2 is 2.14 bits per heavy atom. The van der Waals surface area contributed by atoms with Gasteiger partial charge in [0.1, 0.15) is 11.9 Å². The third kappa shape index (κ3) is 4.39. The maximum atomic E-state index is 14.7. The van der Waals surface area contributed by atoms with Gasteiger partial charge in [-0.3, -0.25) is 4.79 Å². The average Bonchev–Trinajstić information content (AvgIpc) is 3.38. The Hall–Kier alpha value is -2.17. The molecule has 2 N–H and O–H groups in total. The summed E-state index contributed by atoms with van der Waals surface area (Å²) < 4.78 is 14.7. The molecule has 2 bridgehead atoms. The van der Waals surface area contributed by atoms with E-state index in [9.17, 15) is 14.4 Å². The van der Waals surface area contributed by atoms with E-state index in [2.05, 4.69) is 33.4 Å². The van der Waals surface area contributed by atoms with Crippen molar-refractivity contribution in [1.29, 1.82) is 5.26 Å². The van der Waals surface area contributed by atoms with Crippen LogP contribution in [-0.2, 0) is 11.2 Å². The Kier molecular flexibility index (Phi) is 6.02. The molecule has 156 valence electrons. The van der Waals surface area contributed by atoms with E-state index in [1.165, 1.54) is 0 Å². The molecule has 2 saturated heterocycles. The average molecular weight is 400 g/mol. The van der Waals surface area contributed by atoms with Crippen LogP contribution in [0.25, 0.3) is 0 Å². The number of rotatable bonds is 6. The molecule has 7 heteroatoms. The number of benzene rings is 1. The second kappa shape index (κ2) is 8.68. The van der Waals surface area contributed by atoms with Crippen molar-refractivity contribution in [1.82, 2.24) is 15.5 Å². The Balaban J connectivity index is 1.35. The maximum Gasteiger partial charge on any atom is 0.238 e. The summed E-state index contributed by atoms with van der Waals surface area (Å²) in [5.41, 5.74) is 1.35. The van der Waals surface area contributed by atoms with Crippen LogP contribution in [0.15, 0.2) is 18.2 Å². The molecule has 2 aliphatic heterocycles. The number of carbonyl (C=O) groups is 1. The molecular weight excluding hydrogens is 369 g/mol. The van der Waals surface area contributed by atoms with Crippen LogP contribution >= 0.6 is 0 Å². The summed E-state index contributed by atoms with van der Waals surface area (Å²) in [6.07, 6.45) is 3.41. The number of nitrogens with zero attached hydrogens (tertiary/aromatic N) is 3. The molecule has 0 unspecified atom stereocenters. The van der Waals surface area contributed by atoms with E-state index in [1.807, 2.05) is 6.07 Å². The number of hydrogen-bond acceptors (Lipinski definition) is 5. The number of hydrogen-bond donors (Lipinski definition) is 2. The monoisotopic (exact) mass is 399 g/mol. The molecule has 3 aliphatic rings. The summed E-state index contributed by atoms with van der Waals surface area (Å²) in [6, 6.07) is 6.86. The molecule has 1 aromatic carbocycles. The smallest absolute Gasteiger partial charge is 0.238 e. The van der Waals surface area contributed by atoms with E-state index in [4.69, 9.17) is 0 Å². The van der Waals surface area contributed by atoms with Crippen molar-refractivity contribution in [2.75, 3.05) is 37.6 Å². The summed E-state index contributed by atoms with van der Waals surface area (Å²) in [7, 11) is 0. The van der Waals surface area contributed by atoms with E-state index in [-0.39, 0.29) is 24.2 Å². The van der Waals surface area contributed by atoms with Gasteiger partial charge >= 0.3 is 0 Å². The Morgan fingerprint density at radius 1 is 1.34 bits per heavy atom. The molecule has 0 aromatic heterocycles. The zero-order valence-electron chi connectivity index (χ0n) is 17.0. The Morgan fingerprint density at radius 3 is 2.72 bits per heavy atom. The van der Waals surface area contributed by atoms with Gasteiger partial charge in [0.2, 0.25) is 5.91 Å². The lowest BCUT2D eigenvalue weighted by Gasteiger charge is -2.35. The van der Waals surface area contributed by atoms with Gasteiger partial charge in [0.05, 0.1) is 12.1 Å². The number of nitrogens with one attached hydrogen (secondary N) is 2. The lowest BCUT2D eigenvalue weighted by Crippen LogP contribution is -2.50. The van der Waals surface area contributed by atoms with Crippen LogP contribution in [0.2, 0.25) is 0 Å². The van der Waals surface area contributed by atoms with Gasteiger partial charge in [-0.2, -0.15) is 5.26 Å². The Labute approximate surface area is 172 Å². The first-order valence-corrected chi connectivity index (χ1v) is 10.8. The molecule has 2 heterocycles. The quantitative estimate of drug-likeness (QED) is 0.761. The van der Waals surface area contributed by atoms with E-state index >= 15 is 0 Å². The minimum atomic E-state index is -0.725. The van der Waals surface area contributed by atoms with Crippen molar-refractivity contribution in [3.8, 4) is 6.07 Å². The molecule has 1 saturated carbocycles. The zero-order valence-corrected chi connectivity index (χ0v) is 17.0. The number of amides is 1. The predicted molar refractivity (Wildman–Crippen MR) is 110 cm³/mol. The first kappa shape index (κ1) is 20.1. The van der Waals surface area contributed by atoms with Crippen molar-refractivity contribution < 1.29 is 9.18 Å². The summed E-state index contributed by atoms with van der Waals surface area (Å²) in [4.78, 5) is 17.1. The van der Waals surface area contributed by atoms with E-state index < -0.39 is 6.04 Å². The van der Waals surface area contributed by atoms with Crippen LogP contribution < -0.4 is 15.5 Å². The van der Waals surface area contributed by atoms with Crippen molar-refractivity contribution in [3.05, 3.63) is 29.6 Å². The highest BCUT2D eigenvalue weighted by Gasteiger charge is 2.43. The largest absolute Gasteiger partial charge is 0.369 e. The van der Waals surface area contributed by atoms with Crippen LogP contribution in [0.1, 0.15) is 31.7 Å². The maximum absolute atomic E-state index is 14.7. The van der Waals surface area contributed by atoms with E-state index in [1.54, 1.807) is 12.1 Å². The molecule has 4 rings (SSSR count). The molecule has 0 radical (unpaired) electrons. The summed E-state index contributed by atoms with van der Waals surface area (Å²) in [6.45, 7) is 6.95. The van der Waals surface area contributed by atoms with Crippen LogP contribution in [0.3, 0.4) is 0 Å². The second-order valence-electron chi connectivity index (χ2n) is 8.51. The topological polar surface area (TPSA) is 71.4 Å². The molecular formula is C22H30FN5O. The first-order valence-electron chi connectivity index (χ1n) is 10.8. The normalized spacial score (nSPS) is 27.6. The second-order valence-corrected chi connectivity index (χ2v) is 8.51. The molecule has 1 amide bonds. The molecule has 1 aliphatic carbocycles. The minimum Gasteiger partial charge on any atom is -0.369 e. The highest BCUT2D eigenvalue weighted by atomic mass is 19.1. The number of anilines is 1. The zero-order chi connectivity index (χ0) is 20.4. The summed E-state index contributed by atoms with van der Waals surface area (Å²) in [5, 5.41) is 15.6. The van der Waals surface area contributed by atoms with Crippen molar-refractivity contribution >= 4 is 11.6 Å².